The zero-order valence-electron chi connectivity index (χ0n) is 25.4. The second-order valence-electron chi connectivity index (χ2n) is 11.7. The molecule has 0 radical (unpaired) electrons. The minimum absolute atomic E-state index is 0.0217. The molecule has 5 rings (SSSR count). The van der Waals surface area contributed by atoms with E-state index in [1.54, 1.807) is 0 Å². The van der Waals surface area contributed by atoms with Crippen LogP contribution in [0.25, 0.3) is 12.2 Å². The molecule has 1 aliphatic carbocycles. The second-order valence-corrected chi connectivity index (χ2v) is 11.7. The fraction of sp³-hybridized carbons (Fsp3) is 0.237. The van der Waals surface area contributed by atoms with E-state index in [4.69, 9.17) is 0 Å². The van der Waals surface area contributed by atoms with Gasteiger partial charge in [-0.25, -0.2) is 9.13 Å². The average Bonchev–Trinajstić information content (AvgIpc) is 3.21. The lowest BCUT2D eigenvalue weighted by Crippen LogP contribution is -2.27. The number of fused-ring (bicyclic) bond motifs is 1. The summed E-state index contributed by atoms with van der Waals surface area (Å²) in [4.78, 5) is 16.1. The maximum atomic E-state index is 13.6. The van der Waals surface area contributed by atoms with Gasteiger partial charge in [-0.2, -0.15) is 0 Å². The van der Waals surface area contributed by atoms with Crippen molar-refractivity contribution in [3.05, 3.63) is 149 Å². The summed E-state index contributed by atoms with van der Waals surface area (Å²) in [5.41, 5.74) is 8.27. The van der Waals surface area contributed by atoms with Crippen molar-refractivity contribution < 1.29 is 13.9 Å². The van der Waals surface area contributed by atoms with Gasteiger partial charge in [-0.1, -0.05) is 75.8 Å². The normalized spacial score (nSPS) is 18.3. The molecule has 0 atom stereocenters. The topological polar surface area (TPSA) is 28.1 Å². The molecule has 4 heteroatoms. The molecule has 4 nitrogen and oxygen atoms in total. The Morgan fingerprint density at radius 3 is 1.86 bits per heavy atom. The first kappa shape index (κ1) is 28.9. The Kier molecular flexibility index (Phi) is 8.63. The molecule has 0 fully saturated rings. The molecular formula is C38H41N3O+2. The van der Waals surface area contributed by atoms with Crippen molar-refractivity contribution in [2.75, 3.05) is 11.4 Å². The zero-order chi connectivity index (χ0) is 29.7. The van der Waals surface area contributed by atoms with Gasteiger partial charge in [0.15, 0.2) is 30.6 Å². The fourth-order valence-corrected chi connectivity index (χ4v) is 5.53. The van der Waals surface area contributed by atoms with Gasteiger partial charge in [0.1, 0.15) is 14.1 Å². The Hall–Kier alpha value is -4.57. The van der Waals surface area contributed by atoms with Gasteiger partial charge in [0, 0.05) is 58.8 Å². The summed E-state index contributed by atoms with van der Waals surface area (Å²) < 4.78 is 4.00. The highest BCUT2D eigenvalue weighted by Crippen LogP contribution is 2.47. The van der Waals surface area contributed by atoms with E-state index < -0.39 is 0 Å². The van der Waals surface area contributed by atoms with Crippen LogP contribution in [0.5, 0.6) is 0 Å². The van der Waals surface area contributed by atoms with Gasteiger partial charge in [-0.3, -0.25) is 4.79 Å². The molecule has 0 unspecified atom stereocenters. The number of anilines is 1. The average molecular weight is 556 g/mol. The Bertz CT molecular complexity index is 1570. The van der Waals surface area contributed by atoms with E-state index in [0.29, 0.717) is 11.1 Å². The van der Waals surface area contributed by atoms with Crippen molar-refractivity contribution in [3.63, 3.8) is 0 Å². The monoisotopic (exact) mass is 555 g/mol. The number of benzene rings is 1. The van der Waals surface area contributed by atoms with Gasteiger partial charge in [0.25, 0.3) is 0 Å². The third kappa shape index (κ3) is 6.33. The van der Waals surface area contributed by atoms with E-state index in [1.165, 1.54) is 16.9 Å². The summed E-state index contributed by atoms with van der Waals surface area (Å²) in [5, 5.41) is 0. The number of carbonyl (C=O) groups excluding carboxylic acids is 1. The Morgan fingerprint density at radius 2 is 1.31 bits per heavy atom. The minimum Gasteiger partial charge on any atom is -0.344 e. The molecule has 0 N–H and O–H groups in total. The van der Waals surface area contributed by atoms with Gasteiger partial charge in [0.05, 0.1) is 0 Å². The predicted octanol–water partition coefficient (Wildman–Crippen LogP) is 6.91. The van der Waals surface area contributed by atoms with Crippen molar-refractivity contribution in [2.45, 2.75) is 39.0 Å². The predicted molar refractivity (Wildman–Crippen MR) is 172 cm³/mol. The first-order valence-electron chi connectivity index (χ1n) is 14.8. The van der Waals surface area contributed by atoms with Crippen LogP contribution in [0.2, 0.25) is 0 Å². The molecule has 1 aliphatic heterocycles. The van der Waals surface area contributed by atoms with Gasteiger partial charge in [0.2, 0.25) is 0 Å². The molecule has 2 aromatic heterocycles. The molecule has 212 valence electrons. The maximum Gasteiger partial charge on any atom is 0.193 e. The van der Waals surface area contributed by atoms with Gasteiger partial charge in [-0.05, 0) is 53.0 Å². The number of Topliss-reactive ketones (excluding diaryl/α,β-unsaturated/α-hetero) is 1. The standard InChI is InChI=1S/C38H41N3O/c1-6-7-22-41-35-11-9-8-10-34(35)38(2,3)36(41)17-14-31-27-32(15-12-29-18-23-39(4)24-19-29)37(42)33(28-31)16-13-30-20-25-40(5)26-21-30/h8-21,23-28H,6-7,22H2,1-5H3/q+2. The highest BCUT2D eigenvalue weighted by atomic mass is 16.1. The molecule has 42 heavy (non-hydrogen) atoms. The van der Waals surface area contributed by atoms with Crippen LogP contribution in [0.3, 0.4) is 0 Å². The van der Waals surface area contributed by atoms with E-state index in [2.05, 4.69) is 62.1 Å². The van der Waals surface area contributed by atoms with Crippen LogP contribution in [0.1, 0.15) is 50.3 Å². The van der Waals surface area contributed by atoms with Crippen LogP contribution < -0.4 is 14.0 Å². The molecule has 2 aliphatic rings. The van der Waals surface area contributed by atoms with Gasteiger partial charge >= 0.3 is 0 Å². The van der Waals surface area contributed by atoms with Crippen LogP contribution in [0, 0.1) is 0 Å². The smallest absolute Gasteiger partial charge is 0.193 e. The van der Waals surface area contributed by atoms with Gasteiger partial charge < -0.3 is 4.90 Å². The number of aromatic nitrogens is 2. The Balaban J connectivity index is 1.54. The third-order valence-electron chi connectivity index (χ3n) is 8.06. The van der Waals surface area contributed by atoms with Crippen LogP contribution in [-0.4, -0.2) is 12.3 Å². The van der Waals surface area contributed by atoms with Crippen LogP contribution in [0.4, 0.5) is 5.69 Å². The number of carbonyl (C=O) groups is 1. The van der Waals surface area contributed by atoms with E-state index in [9.17, 15) is 4.79 Å². The molecule has 0 saturated heterocycles. The van der Waals surface area contributed by atoms with Crippen molar-refractivity contribution in [1.29, 1.82) is 0 Å². The molecule has 0 bridgehead atoms. The molecule has 3 heterocycles. The summed E-state index contributed by atoms with van der Waals surface area (Å²) in [6.45, 7) is 7.84. The lowest BCUT2D eigenvalue weighted by Gasteiger charge is -2.27. The summed E-state index contributed by atoms with van der Waals surface area (Å²) in [7, 11) is 3.99. The number of hydrogen-bond donors (Lipinski definition) is 0. The number of rotatable bonds is 8. The largest absolute Gasteiger partial charge is 0.344 e. The highest BCUT2D eigenvalue weighted by molar-refractivity contribution is 6.14. The lowest BCUT2D eigenvalue weighted by molar-refractivity contribution is -0.671. The van der Waals surface area contributed by atoms with Crippen LogP contribution >= 0.6 is 0 Å². The van der Waals surface area contributed by atoms with E-state index >= 15 is 0 Å². The summed E-state index contributed by atoms with van der Waals surface area (Å²) in [5.74, 6) is 0.0217. The zero-order valence-corrected chi connectivity index (χ0v) is 25.4. The summed E-state index contributed by atoms with van der Waals surface area (Å²) >= 11 is 0. The molecule has 0 spiro atoms. The van der Waals surface area contributed by atoms with E-state index in [0.717, 1.165) is 36.1 Å². The number of hydrogen-bond acceptors (Lipinski definition) is 2. The molecule has 0 amide bonds. The molecule has 3 aromatic rings. The molecule has 1 aromatic carbocycles. The van der Waals surface area contributed by atoms with Gasteiger partial charge in [-0.15, -0.1) is 0 Å². The molecule has 0 saturated carbocycles. The Morgan fingerprint density at radius 1 is 0.762 bits per heavy atom. The third-order valence-corrected chi connectivity index (χ3v) is 8.06. The van der Waals surface area contributed by atoms with Crippen molar-refractivity contribution >= 4 is 23.6 Å². The first-order valence-corrected chi connectivity index (χ1v) is 14.8. The van der Waals surface area contributed by atoms with Crippen LogP contribution in [0.15, 0.2) is 132 Å². The second kappa shape index (κ2) is 12.5. The minimum atomic E-state index is -0.113. The van der Waals surface area contributed by atoms with E-state index in [-0.39, 0.29) is 11.2 Å². The summed E-state index contributed by atoms with van der Waals surface area (Å²) in [6, 6.07) is 16.9. The Labute approximate surface area is 250 Å². The first-order chi connectivity index (χ1) is 20.3. The molecular weight excluding hydrogens is 514 g/mol. The number of unbranched alkanes of at least 4 members (excludes halogenated alkanes) is 1. The SMILES string of the molecule is CCCCN1C(=CC=C2C=C(C=Cc3cc[n+](C)cc3)C(=O)C(/C=C/c3cc[n+](C)cc3)=C2)C(C)(C)c2ccccc21. The number of aryl methyl sites for hydroxylation is 2. The van der Waals surface area contributed by atoms with E-state index in [1.807, 2.05) is 109 Å². The number of allylic oxidation sites excluding steroid dienone is 10. The lowest BCUT2D eigenvalue weighted by atomic mass is 9.83. The number of nitrogens with zero attached hydrogens (tertiary/aromatic N) is 3. The van der Waals surface area contributed by atoms with Crippen molar-refractivity contribution in [1.82, 2.24) is 0 Å². The quantitative estimate of drug-likeness (QED) is 0.283. The van der Waals surface area contributed by atoms with Crippen molar-refractivity contribution in [2.24, 2.45) is 14.1 Å². The number of pyridine rings is 2. The maximum absolute atomic E-state index is 13.6. The number of ketones is 1. The van der Waals surface area contributed by atoms with Crippen LogP contribution in [-0.2, 0) is 24.3 Å². The fourth-order valence-electron chi connectivity index (χ4n) is 5.53. The summed E-state index contributed by atoms with van der Waals surface area (Å²) in [6.07, 6.45) is 26.6. The number of para-hydroxylation sites is 1. The highest BCUT2D eigenvalue weighted by Gasteiger charge is 2.39. The van der Waals surface area contributed by atoms with Crippen molar-refractivity contribution in [3.8, 4) is 0 Å².